The molecule has 188 valence electrons. The maximum absolute atomic E-state index is 14.1. The summed E-state index contributed by atoms with van der Waals surface area (Å²) >= 11 is 0. The maximum Gasteiger partial charge on any atom is 0.240 e. The number of fused-ring (bicyclic) bond motifs is 6. The number of hydrogen-bond donors (Lipinski definition) is 0. The predicted molar refractivity (Wildman–Crippen MR) is 140 cm³/mol. The number of ether oxygens (including phenoxy) is 2. The van der Waals surface area contributed by atoms with Gasteiger partial charge in [-0.1, -0.05) is 67.9 Å². The quantitative estimate of drug-likeness (QED) is 0.304. The van der Waals surface area contributed by atoms with Crippen molar-refractivity contribution in [1.29, 1.82) is 5.26 Å². The largest absolute Gasteiger partial charge is 0.377 e. The molecule has 3 aromatic carbocycles. The molecule has 37 heavy (non-hydrogen) atoms. The lowest BCUT2D eigenvalue weighted by atomic mass is 9.65. The number of imide groups is 1. The third kappa shape index (κ3) is 3.60. The Balaban J connectivity index is 1.33. The van der Waals surface area contributed by atoms with Crippen molar-refractivity contribution in [3.05, 3.63) is 77.9 Å². The molecular formula is C31H30N2O4. The van der Waals surface area contributed by atoms with E-state index in [1.807, 2.05) is 54.6 Å². The van der Waals surface area contributed by atoms with Crippen molar-refractivity contribution in [3.63, 3.8) is 0 Å². The van der Waals surface area contributed by atoms with Gasteiger partial charge in [0.25, 0.3) is 0 Å². The number of nitrogens with zero attached hydrogens (tertiary/aromatic N) is 2. The zero-order valence-corrected chi connectivity index (χ0v) is 21.0. The summed E-state index contributed by atoms with van der Waals surface area (Å²) in [5, 5.41) is 11.1. The minimum Gasteiger partial charge on any atom is -0.377 e. The fraction of sp³-hybridized carbons (Fsp3) is 0.387. The summed E-state index contributed by atoms with van der Waals surface area (Å²) in [6.45, 7) is 3.06. The van der Waals surface area contributed by atoms with Gasteiger partial charge in [0, 0.05) is 23.8 Å². The summed E-state index contributed by atoms with van der Waals surface area (Å²) in [5.74, 6) is -1.37. The average molecular weight is 495 g/mol. The number of nitriles is 1. The van der Waals surface area contributed by atoms with Crippen LogP contribution in [-0.4, -0.2) is 29.6 Å². The van der Waals surface area contributed by atoms with Crippen LogP contribution in [0.2, 0.25) is 0 Å². The molecule has 2 bridgehead atoms. The molecule has 6 heteroatoms. The number of anilines is 1. The molecule has 4 atom stereocenters. The highest BCUT2D eigenvalue weighted by Gasteiger charge is 2.74. The topological polar surface area (TPSA) is 79.6 Å². The number of carbonyl (C=O) groups is 2. The monoisotopic (exact) mass is 494 g/mol. The SMILES string of the molecule is CCC[C@]12CC[C@](CCOCc3ccccc3)(O1)[C@H]1C(=O)N(c3ccc(C#N)c4ccccc34)C(=O)[C@H]12. The molecule has 3 fully saturated rings. The highest BCUT2D eigenvalue weighted by atomic mass is 16.5. The maximum atomic E-state index is 14.1. The van der Waals surface area contributed by atoms with Gasteiger partial charge in [-0.3, -0.25) is 9.59 Å². The van der Waals surface area contributed by atoms with Crippen LogP contribution in [0.3, 0.4) is 0 Å². The molecule has 6 rings (SSSR count). The van der Waals surface area contributed by atoms with Gasteiger partial charge in [0.2, 0.25) is 11.8 Å². The molecule has 0 unspecified atom stereocenters. The van der Waals surface area contributed by atoms with E-state index in [1.54, 1.807) is 12.1 Å². The summed E-state index contributed by atoms with van der Waals surface area (Å²) in [7, 11) is 0. The lowest BCUT2D eigenvalue weighted by molar-refractivity contribution is -0.133. The molecule has 3 aromatic rings. The molecule has 3 heterocycles. The summed E-state index contributed by atoms with van der Waals surface area (Å²) in [6.07, 6.45) is 3.74. The first-order valence-corrected chi connectivity index (χ1v) is 13.1. The van der Waals surface area contributed by atoms with E-state index in [9.17, 15) is 14.9 Å². The van der Waals surface area contributed by atoms with Gasteiger partial charge >= 0.3 is 0 Å². The molecule has 0 aliphatic carbocycles. The number of hydrogen-bond acceptors (Lipinski definition) is 5. The van der Waals surface area contributed by atoms with Crippen LogP contribution in [-0.2, 0) is 25.7 Å². The van der Waals surface area contributed by atoms with Crippen LogP contribution in [0.5, 0.6) is 0 Å². The Hall–Kier alpha value is -3.53. The van der Waals surface area contributed by atoms with Gasteiger partial charge in [0.05, 0.1) is 47.0 Å². The lowest BCUT2D eigenvalue weighted by Gasteiger charge is -2.31. The van der Waals surface area contributed by atoms with Crippen LogP contribution in [0.15, 0.2) is 66.7 Å². The van der Waals surface area contributed by atoms with Gasteiger partial charge in [0.15, 0.2) is 0 Å². The highest BCUT2D eigenvalue weighted by Crippen LogP contribution is 2.64. The average Bonchev–Trinajstić information content (AvgIpc) is 3.53. The molecule has 2 amide bonds. The number of carbonyl (C=O) groups excluding carboxylic acids is 2. The normalized spacial score (nSPS) is 28.2. The van der Waals surface area contributed by atoms with E-state index in [1.165, 1.54) is 4.90 Å². The Morgan fingerprint density at radius 1 is 0.919 bits per heavy atom. The molecule has 3 aliphatic heterocycles. The number of rotatable bonds is 8. The van der Waals surface area contributed by atoms with E-state index in [-0.39, 0.29) is 11.8 Å². The van der Waals surface area contributed by atoms with E-state index in [0.717, 1.165) is 42.0 Å². The Bertz CT molecular complexity index is 1410. The Morgan fingerprint density at radius 2 is 1.57 bits per heavy atom. The van der Waals surface area contributed by atoms with Crippen molar-refractivity contribution in [2.45, 2.75) is 56.8 Å². The standard InChI is InChI=1S/C31H30N2O4/c1-2-14-30-15-16-31(37-30,17-18-36-20-21-8-4-3-5-9-21)27-26(30)28(34)33(29(27)35)25-13-12-22(19-32)23-10-6-7-11-24(23)25/h3-13,26-27H,2,14-18,20H2,1H3/t26-,27+,30+,31+/m0/s1. The first-order valence-electron chi connectivity index (χ1n) is 13.1. The van der Waals surface area contributed by atoms with Gasteiger partial charge < -0.3 is 9.47 Å². The summed E-state index contributed by atoms with van der Waals surface area (Å²) in [5.41, 5.74) is 0.878. The van der Waals surface area contributed by atoms with Crippen molar-refractivity contribution in [2.24, 2.45) is 11.8 Å². The van der Waals surface area contributed by atoms with Gasteiger partial charge in [-0.15, -0.1) is 0 Å². The van der Waals surface area contributed by atoms with E-state index < -0.39 is 23.0 Å². The Morgan fingerprint density at radius 3 is 2.24 bits per heavy atom. The fourth-order valence-electron chi connectivity index (χ4n) is 7.01. The van der Waals surface area contributed by atoms with E-state index >= 15 is 0 Å². The molecule has 0 saturated carbocycles. The fourth-order valence-corrected chi connectivity index (χ4v) is 7.01. The lowest BCUT2D eigenvalue weighted by Crippen LogP contribution is -2.43. The Labute approximate surface area is 216 Å². The van der Waals surface area contributed by atoms with E-state index in [0.29, 0.717) is 30.9 Å². The molecule has 0 N–H and O–H groups in total. The highest BCUT2D eigenvalue weighted by molar-refractivity contribution is 6.26. The molecule has 0 spiro atoms. The van der Waals surface area contributed by atoms with Crippen LogP contribution in [0.25, 0.3) is 10.8 Å². The summed E-state index contributed by atoms with van der Waals surface area (Å²) in [6, 6.07) is 23.1. The van der Waals surface area contributed by atoms with Crippen molar-refractivity contribution in [1.82, 2.24) is 0 Å². The van der Waals surface area contributed by atoms with Crippen molar-refractivity contribution in [3.8, 4) is 6.07 Å². The second kappa shape index (κ2) is 9.09. The van der Waals surface area contributed by atoms with Crippen LogP contribution in [0.4, 0.5) is 5.69 Å². The van der Waals surface area contributed by atoms with Gasteiger partial charge in [-0.05, 0) is 37.0 Å². The second-order valence-corrected chi connectivity index (χ2v) is 10.5. The zero-order valence-electron chi connectivity index (χ0n) is 21.0. The van der Waals surface area contributed by atoms with E-state index in [2.05, 4.69) is 13.0 Å². The van der Waals surface area contributed by atoms with Gasteiger partial charge in [-0.25, -0.2) is 4.90 Å². The third-order valence-corrected chi connectivity index (χ3v) is 8.53. The molecule has 0 radical (unpaired) electrons. The first-order chi connectivity index (χ1) is 18.0. The van der Waals surface area contributed by atoms with Crippen molar-refractivity contribution in [2.75, 3.05) is 11.5 Å². The molecule has 3 aliphatic rings. The number of amides is 2. The molecule has 3 saturated heterocycles. The zero-order chi connectivity index (χ0) is 25.6. The number of benzene rings is 3. The minimum atomic E-state index is -0.694. The van der Waals surface area contributed by atoms with Crippen LogP contribution in [0, 0.1) is 23.2 Å². The van der Waals surface area contributed by atoms with Crippen molar-refractivity contribution >= 4 is 28.3 Å². The second-order valence-electron chi connectivity index (χ2n) is 10.5. The predicted octanol–water partition coefficient (Wildman–Crippen LogP) is 5.53. The molecule has 0 aromatic heterocycles. The van der Waals surface area contributed by atoms with Crippen molar-refractivity contribution < 1.29 is 19.1 Å². The third-order valence-electron chi connectivity index (χ3n) is 8.53. The minimum absolute atomic E-state index is 0.176. The van der Waals surface area contributed by atoms with Crippen LogP contribution >= 0.6 is 0 Å². The van der Waals surface area contributed by atoms with Gasteiger partial charge in [-0.2, -0.15) is 5.26 Å². The Kier molecular flexibility index (Phi) is 5.86. The van der Waals surface area contributed by atoms with Crippen LogP contribution < -0.4 is 4.90 Å². The summed E-state index contributed by atoms with van der Waals surface area (Å²) < 4.78 is 12.8. The van der Waals surface area contributed by atoms with Crippen LogP contribution in [0.1, 0.15) is 50.2 Å². The summed E-state index contributed by atoms with van der Waals surface area (Å²) in [4.78, 5) is 29.5. The molecule has 6 nitrogen and oxygen atoms in total. The smallest absolute Gasteiger partial charge is 0.240 e. The first kappa shape index (κ1) is 23.8. The molecular weight excluding hydrogens is 464 g/mol. The van der Waals surface area contributed by atoms with Gasteiger partial charge in [0.1, 0.15) is 0 Å². The van der Waals surface area contributed by atoms with E-state index in [4.69, 9.17) is 9.47 Å².